The van der Waals surface area contributed by atoms with Gasteiger partial charge < -0.3 is 9.90 Å². The standard InChI is InChI=1S/C8H8O.C5H12.C2H6O/c9-7-6-8-4-2-1-3-5-8;1-3-5-4-2;1-2-3/h1-5,7H,6H2;3-5H2,1-2H3;3H,2H2,1H3. The molecular formula is C15H26O2. The number of hydrogen-bond acceptors (Lipinski definition) is 2. The van der Waals surface area contributed by atoms with E-state index in [1.165, 1.54) is 19.3 Å². The number of aldehydes is 1. The van der Waals surface area contributed by atoms with E-state index in [9.17, 15) is 4.79 Å². The fraction of sp³-hybridized carbons (Fsp3) is 0.533. The number of rotatable bonds is 4. The third-order valence-corrected chi connectivity index (χ3v) is 1.87. The number of aliphatic hydroxyl groups excluding tert-OH is 1. The smallest absolute Gasteiger partial charge is 0.124 e. The average molecular weight is 238 g/mol. The van der Waals surface area contributed by atoms with Crippen molar-refractivity contribution in [2.75, 3.05) is 6.61 Å². The number of carbonyl (C=O) groups excluding carboxylic acids is 1. The molecule has 0 aromatic heterocycles. The van der Waals surface area contributed by atoms with E-state index in [1.807, 2.05) is 30.3 Å². The van der Waals surface area contributed by atoms with Crippen molar-refractivity contribution in [3.05, 3.63) is 35.9 Å². The summed E-state index contributed by atoms with van der Waals surface area (Å²) < 4.78 is 0. The zero-order chi connectivity index (χ0) is 13.4. The molecule has 0 unspecified atom stereocenters. The van der Waals surface area contributed by atoms with Crippen molar-refractivity contribution in [1.82, 2.24) is 0 Å². The van der Waals surface area contributed by atoms with Gasteiger partial charge in [0.15, 0.2) is 0 Å². The molecule has 0 amide bonds. The summed E-state index contributed by atoms with van der Waals surface area (Å²) in [5.41, 5.74) is 1.08. The fourth-order valence-corrected chi connectivity index (χ4v) is 1.06. The van der Waals surface area contributed by atoms with Gasteiger partial charge in [0.05, 0.1) is 0 Å². The van der Waals surface area contributed by atoms with E-state index < -0.39 is 0 Å². The lowest BCUT2D eigenvalue weighted by molar-refractivity contribution is -0.107. The molecule has 1 aromatic carbocycles. The Bertz CT molecular complexity index is 230. The quantitative estimate of drug-likeness (QED) is 0.813. The summed E-state index contributed by atoms with van der Waals surface area (Å²) in [5.74, 6) is 0. The van der Waals surface area contributed by atoms with Gasteiger partial charge in [-0.25, -0.2) is 0 Å². The fourth-order valence-electron chi connectivity index (χ4n) is 1.06. The number of aliphatic hydroxyl groups is 1. The molecule has 0 atom stereocenters. The van der Waals surface area contributed by atoms with Crippen molar-refractivity contribution in [2.45, 2.75) is 46.5 Å². The van der Waals surface area contributed by atoms with Crippen molar-refractivity contribution in [1.29, 1.82) is 0 Å². The second kappa shape index (κ2) is 17.3. The monoisotopic (exact) mass is 238 g/mol. The third kappa shape index (κ3) is 17.5. The second-order valence-corrected chi connectivity index (χ2v) is 3.53. The number of unbranched alkanes of at least 4 members (excludes halogenated alkanes) is 2. The van der Waals surface area contributed by atoms with E-state index in [-0.39, 0.29) is 6.61 Å². The highest BCUT2D eigenvalue weighted by Gasteiger charge is 1.84. The van der Waals surface area contributed by atoms with Gasteiger partial charge in [-0.1, -0.05) is 63.4 Å². The highest BCUT2D eigenvalue weighted by molar-refractivity contribution is 5.54. The number of hydrogen-bond donors (Lipinski definition) is 1. The lowest BCUT2D eigenvalue weighted by Gasteiger charge is -1.89. The minimum Gasteiger partial charge on any atom is -0.397 e. The molecule has 0 fully saturated rings. The first-order chi connectivity index (χ1) is 8.26. The molecule has 0 spiro atoms. The summed E-state index contributed by atoms with van der Waals surface area (Å²) in [6.07, 6.45) is 5.52. The van der Waals surface area contributed by atoms with Crippen LogP contribution in [0.2, 0.25) is 0 Å². The minimum atomic E-state index is 0.250. The molecule has 2 nitrogen and oxygen atoms in total. The van der Waals surface area contributed by atoms with Crippen molar-refractivity contribution in [2.24, 2.45) is 0 Å². The van der Waals surface area contributed by atoms with Gasteiger partial charge in [-0.2, -0.15) is 0 Å². The highest BCUT2D eigenvalue weighted by atomic mass is 16.2. The molecule has 0 bridgehead atoms. The Labute approximate surface area is 106 Å². The van der Waals surface area contributed by atoms with Crippen LogP contribution >= 0.6 is 0 Å². The molecule has 2 heteroatoms. The molecule has 0 aliphatic rings. The summed E-state index contributed by atoms with van der Waals surface area (Å²) in [6, 6.07) is 9.68. The predicted octanol–water partition coefficient (Wildman–Crippen LogP) is 3.62. The van der Waals surface area contributed by atoms with Gasteiger partial charge in [-0.15, -0.1) is 0 Å². The van der Waals surface area contributed by atoms with Crippen LogP contribution < -0.4 is 0 Å². The van der Waals surface area contributed by atoms with Crippen LogP contribution in [0.25, 0.3) is 0 Å². The molecule has 0 aliphatic carbocycles. The molecule has 1 N–H and O–H groups in total. The van der Waals surface area contributed by atoms with E-state index in [0.29, 0.717) is 6.42 Å². The van der Waals surface area contributed by atoms with Gasteiger partial charge in [0.1, 0.15) is 6.29 Å². The Morgan fingerprint density at radius 2 is 1.53 bits per heavy atom. The maximum absolute atomic E-state index is 9.97. The van der Waals surface area contributed by atoms with Crippen molar-refractivity contribution < 1.29 is 9.90 Å². The molecule has 1 aromatic rings. The van der Waals surface area contributed by atoms with E-state index in [0.717, 1.165) is 11.8 Å². The van der Waals surface area contributed by atoms with Crippen LogP contribution in [0.1, 0.15) is 45.6 Å². The van der Waals surface area contributed by atoms with Crippen LogP contribution in [0, 0.1) is 0 Å². The van der Waals surface area contributed by atoms with Gasteiger partial charge in [0.25, 0.3) is 0 Å². The van der Waals surface area contributed by atoms with Crippen LogP contribution in [0.5, 0.6) is 0 Å². The first kappa shape index (κ1) is 18.2. The lowest BCUT2D eigenvalue weighted by Crippen LogP contribution is -1.82. The van der Waals surface area contributed by atoms with Crippen LogP contribution in [-0.4, -0.2) is 18.0 Å². The number of benzene rings is 1. The van der Waals surface area contributed by atoms with E-state index >= 15 is 0 Å². The Hall–Kier alpha value is -1.15. The SMILES string of the molecule is CCCCC.CCO.O=CCc1ccccc1. The molecule has 0 saturated carbocycles. The molecule has 0 heterocycles. The highest BCUT2D eigenvalue weighted by Crippen LogP contribution is 1.96. The molecular weight excluding hydrogens is 212 g/mol. The Kier molecular flexibility index (Phi) is 18.5. The second-order valence-electron chi connectivity index (χ2n) is 3.53. The average Bonchev–Trinajstić information content (AvgIpc) is 2.34. The summed E-state index contributed by atoms with van der Waals surface area (Å²) in [6.45, 7) is 6.35. The van der Waals surface area contributed by atoms with E-state index in [1.54, 1.807) is 6.92 Å². The van der Waals surface area contributed by atoms with Gasteiger partial charge in [-0.05, 0) is 12.5 Å². The van der Waals surface area contributed by atoms with Gasteiger partial charge in [0, 0.05) is 13.0 Å². The molecule has 1 rings (SSSR count). The summed E-state index contributed by atoms with van der Waals surface area (Å²) in [7, 11) is 0. The zero-order valence-electron chi connectivity index (χ0n) is 11.4. The topological polar surface area (TPSA) is 37.3 Å². The largest absolute Gasteiger partial charge is 0.397 e. The van der Waals surface area contributed by atoms with Crippen LogP contribution in [0.15, 0.2) is 30.3 Å². The van der Waals surface area contributed by atoms with E-state index in [2.05, 4.69) is 13.8 Å². The molecule has 0 aliphatic heterocycles. The lowest BCUT2D eigenvalue weighted by atomic mass is 10.2. The first-order valence-corrected chi connectivity index (χ1v) is 6.35. The summed E-state index contributed by atoms with van der Waals surface area (Å²) >= 11 is 0. The van der Waals surface area contributed by atoms with Crippen LogP contribution in [-0.2, 0) is 11.2 Å². The molecule has 17 heavy (non-hydrogen) atoms. The first-order valence-electron chi connectivity index (χ1n) is 6.35. The maximum atomic E-state index is 9.97. The molecule has 0 radical (unpaired) electrons. The van der Waals surface area contributed by atoms with Gasteiger partial charge in [0.2, 0.25) is 0 Å². The van der Waals surface area contributed by atoms with Crippen LogP contribution in [0.4, 0.5) is 0 Å². The Balaban J connectivity index is 0. The van der Waals surface area contributed by atoms with Crippen molar-refractivity contribution in [3.8, 4) is 0 Å². The van der Waals surface area contributed by atoms with Gasteiger partial charge >= 0.3 is 0 Å². The maximum Gasteiger partial charge on any atom is 0.124 e. The van der Waals surface area contributed by atoms with Crippen molar-refractivity contribution in [3.63, 3.8) is 0 Å². The molecule has 0 saturated heterocycles. The summed E-state index contributed by atoms with van der Waals surface area (Å²) in [4.78, 5) is 9.97. The minimum absolute atomic E-state index is 0.250. The summed E-state index contributed by atoms with van der Waals surface area (Å²) in [5, 5.41) is 7.57. The Morgan fingerprint density at radius 1 is 1.06 bits per heavy atom. The Morgan fingerprint density at radius 3 is 1.82 bits per heavy atom. The van der Waals surface area contributed by atoms with Crippen molar-refractivity contribution >= 4 is 6.29 Å². The zero-order valence-corrected chi connectivity index (χ0v) is 11.4. The number of carbonyl (C=O) groups is 1. The van der Waals surface area contributed by atoms with Gasteiger partial charge in [-0.3, -0.25) is 0 Å². The molecule has 98 valence electrons. The third-order valence-electron chi connectivity index (χ3n) is 1.87. The predicted molar refractivity (Wildman–Crippen MR) is 74.2 cm³/mol. The van der Waals surface area contributed by atoms with Crippen LogP contribution in [0.3, 0.4) is 0 Å². The normalized spacial score (nSPS) is 8.24. The van der Waals surface area contributed by atoms with E-state index in [4.69, 9.17) is 5.11 Å².